The Bertz CT molecular complexity index is 1390. The molecule has 2 aliphatic rings. The fraction of sp³-hybridized carbons (Fsp3) is 0.290. The van der Waals surface area contributed by atoms with E-state index in [0.717, 1.165) is 31.6 Å². The van der Waals surface area contributed by atoms with Crippen LogP contribution in [0.25, 0.3) is 5.70 Å². The van der Waals surface area contributed by atoms with Crippen molar-refractivity contribution in [3.8, 4) is 6.07 Å². The molecule has 1 saturated heterocycles. The summed E-state index contributed by atoms with van der Waals surface area (Å²) in [6, 6.07) is 12.3. The minimum Gasteiger partial charge on any atom is -0.385 e. The molecule has 4 rings (SSSR count). The van der Waals surface area contributed by atoms with Crippen molar-refractivity contribution >= 4 is 11.5 Å². The van der Waals surface area contributed by atoms with Crippen molar-refractivity contribution in [3.63, 3.8) is 0 Å². The second-order valence-corrected chi connectivity index (χ2v) is 10.0. The van der Waals surface area contributed by atoms with Crippen molar-refractivity contribution in [2.24, 2.45) is 5.73 Å². The first-order valence-corrected chi connectivity index (χ1v) is 13.3. The molecule has 208 valence electrons. The Hall–Kier alpha value is -4.55. The lowest BCUT2D eigenvalue weighted by molar-refractivity contribution is 0.248. The molecule has 0 amide bonds. The molecule has 0 radical (unpaired) electrons. The van der Waals surface area contributed by atoms with Gasteiger partial charge in [0.15, 0.2) is 0 Å². The van der Waals surface area contributed by atoms with E-state index in [4.69, 9.17) is 5.73 Å². The fourth-order valence-electron chi connectivity index (χ4n) is 5.20. The predicted octanol–water partition coefficient (Wildman–Crippen LogP) is 4.21. The average molecular weight is 541 g/mol. The summed E-state index contributed by atoms with van der Waals surface area (Å²) < 4.78 is 15.8. The first kappa shape index (κ1) is 28.5. The van der Waals surface area contributed by atoms with Gasteiger partial charge in [-0.25, -0.2) is 9.37 Å². The summed E-state index contributed by atoms with van der Waals surface area (Å²) in [7, 11) is 3.59. The zero-order valence-corrected chi connectivity index (χ0v) is 23.2. The smallest absolute Gasteiger partial charge is 0.130 e. The van der Waals surface area contributed by atoms with Crippen LogP contribution in [0.2, 0.25) is 0 Å². The summed E-state index contributed by atoms with van der Waals surface area (Å²) in [5.74, 6) is 0.683. The summed E-state index contributed by atoms with van der Waals surface area (Å²) in [5, 5.41) is 20.1. The van der Waals surface area contributed by atoms with Crippen LogP contribution in [0, 0.1) is 17.1 Å². The van der Waals surface area contributed by atoms with Gasteiger partial charge in [-0.1, -0.05) is 37.9 Å². The fourth-order valence-corrected chi connectivity index (χ4v) is 5.20. The van der Waals surface area contributed by atoms with Crippen molar-refractivity contribution in [3.05, 3.63) is 114 Å². The van der Waals surface area contributed by atoms with E-state index in [-0.39, 0.29) is 6.04 Å². The number of hydrogen-bond acceptors (Lipinski definition) is 8. The van der Waals surface area contributed by atoms with E-state index in [1.165, 1.54) is 6.07 Å². The van der Waals surface area contributed by atoms with E-state index in [9.17, 15) is 5.26 Å². The lowest BCUT2D eigenvalue weighted by Gasteiger charge is -2.39. The van der Waals surface area contributed by atoms with E-state index in [0.29, 0.717) is 51.9 Å². The first-order valence-electron chi connectivity index (χ1n) is 13.3. The SMILES string of the molecule is C=CC(=C)N1CCCC(NC2=C(C#N)CN(C)C(N)=C2C(NC)c2ccc(C(=C)Nc3ccccn3)cc2F)C1. The van der Waals surface area contributed by atoms with Gasteiger partial charge in [-0.2, -0.15) is 5.26 Å². The predicted molar refractivity (Wildman–Crippen MR) is 159 cm³/mol. The maximum absolute atomic E-state index is 15.8. The molecule has 2 atom stereocenters. The Morgan fingerprint density at radius 2 is 2.10 bits per heavy atom. The van der Waals surface area contributed by atoms with Crippen molar-refractivity contribution in [2.45, 2.75) is 24.9 Å². The number of nitriles is 1. The Kier molecular flexibility index (Phi) is 8.92. The van der Waals surface area contributed by atoms with Gasteiger partial charge in [-0.05, 0) is 44.2 Å². The maximum atomic E-state index is 15.8. The molecule has 9 heteroatoms. The monoisotopic (exact) mass is 540 g/mol. The number of anilines is 1. The highest BCUT2D eigenvalue weighted by Gasteiger charge is 2.33. The van der Waals surface area contributed by atoms with Gasteiger partial charge < -0.3 is 31.5 Å². The average Bonchev–Trinajstić information content (AvgIpc) is 2.97. The van der Waals surface area contributed by atoms with Crippen LogP contribution in [-0.4, -0.2) is 54.6 Å². The zero-order valence-electron chi connectivity index (χ0n) is 23.2. The summed E-state index contributed by atoms with van der Waals surface area (Å²) in [6.45, 7) is 14.0. The second kappa shape index (κ2) is 12.5. The lowest BCUT2D eigenvalue weighted by atomic mass is 9.89. The topological polar surface area (TPSA) is 105 Å². The molecule has 2 aliphatic heterocycles. The van der Waals surface area contributed by atoms with Gasteiger partial charge in [-0.15, -0.1) is 0 Å². The third kappa shape index (κ3) is 6.03. The normalized spacial score (nSPS) is 18.2. The van der Waals surface area contributed by atoms with Crippen LogP contribution in [0.3, 0.4) is 0 Å². The number of benzene rings is 1. The van der Waals surface area contributed by atoms with Gasteiger partial charge in [0.2, 0.25) is 0 Å². The first-order chi connectivity index (χ1) is 19.3. The zero-order chi connectivity index (χ0) is 28.8. The Balaban J connectivity index is 1.66. The van der Waals surface area contributed by atoms with Gasteiger partial charge in [0.1, 0.15) is 17.5 Å². The number of aromatic nitrogens is 1. The van der Waals surface area contributed by atoms with Crippen LogP contribution >= 0.6 is 0 Å². The number of hydrogen-bond donors (Lipinski definition) is 4. The number of allylic oxidation sites excluding steroid dienone is 1. The highest BCUT2D eigenvalue weighted by atomic mass is 19.1. The molecule has 40 heavy (non-hydrogen) atoms. The number of pyridine rings is 1. The largest absolute Gasteiger partial charge is 0.385 e. The molecule has 1 fully saturated rings. The molecule has 1 aromatic carbocycles. The number of nitrogens with zero attached hydrogens (tertiary/aromatic N) is 4. The number of likely N-dealkylation sites (tertiary alicyclic amines) is 1. The van der Waals surface area contributed by atoms with Crippen LogP contribution in [0.15, 0.2) is 96.8 Å². The molecule has 2 aromatic rings. The van der Waals surface area contributed by atoms with Crippen LogP contribution < -0.4 is 21.7 Å². The third-order valence-electron chi connectivity index (χ3n) is 7.38. The number of likely N-dealkylation sites (N-methyl/N-ethyl adjacent to an activating group) is 2. The van der Waals surface area contributed by atoms with Crippen molar-refractivity contribution in [1.29, 1.82) is 5.26 Å². The summed E-state index contributed by atoms with van der Waals surface area (Å²) in [6.07, 6.45) is 5.32. The van der Waals surface area contributed by atoms with E-state index in [2.05, 4.69) is 51.6 Å². The summed E-state index contributed by atoms with van der Waals surface area (Å²) in [4.78, 5) is 8.24. The molecule has 0 saturated carbocycles. The summed E-state index contributed by atoms with van der Waals surface area (Å²) in [5.41, 5.74) is 10.9. The van der Waals surface area contributed by atoms with E-state index in [1.54, 1.807) is 25.4 Å². The lowest BCUT2D eigenvalue weighted by Crippen LogP contribution is -2.47. The minimum absolute atomic E-state index is 0.0562. The minimum atomic E-state index is -0.609. The molecule has 2 unspecified atom stereocenters. The molecule has 0 aliphatic carbocycles. The van der Waals surface area contributed by atoms with Crippen molar-refractivity contribution < 1.29 is 4.39 Å². The van der Waals surface area contributed by atoms with E-state index >= 15 is 4.39 Å². The number of rotatable bonds is 10. The van der Waals surface area contributed by atoms with E-state index < -0.39 is 11.9 Å². The summed E-state index contributed by atoms with van der Waals surface area (Å²) >= 11 is 0. The molecule has 3 heterocycles. The standard InChI is InChI=1S/C31H37FN8/c1-6-20(2)40-15-9-10-24(19-40)38-29-23(17-33)18-39(5)31(34)28(29)30(35-4)25-13-12-22(16-26(25)32)21(3)37-27-11-7-8-14-36-27/h6-8,11-14,16,24,30,35,38H,1-3,9-10,15,18-19,34H2,4-5H3,(H,36,37). The van der Waals surface area contributed by atoms with Crippen molar-refractivity contribution in [2.75, 3.05) is 39.0 Å². The highest BCUT2D eigenvalue weighted by molar-refractivity contribution is 5.74. The van der Waals surface area contributed by atoms with Gasteiger partial charge in [0, 0.05) is 60.5 Å². The quantitative estimate of drug-likeness (QED) is 0.332. The molecule has 5 N–H and O–H groups in total. The number of halogens is 1. The van der Waals surface area contributed by atoms with E-state index in [1.807, 2.05) is 36.2 Å². The van der Waals surface area contributed by atoms with Gasteiger partial charge >= 0.3 is 0 Å². The molecular formula is C31H37FN8. The Morgan fingerprint density at radius 1 is 1.30 bits per heavy atom. The Labute approximate surface area is 236 Å². The van der Waals surface area contributed by atoms with Crippen LogP contribution in [-0.2, 0) is 0 Å². The molecule has 1 aromatic heterocycles. The van der Waals surface area contributed by atoms with Gasteiger partial charge in [0.25, 0.3) is 0 Å². The second-order valence-electron chi connectivity index (χ2n) is 10.0. The molecular weight excluding hydrogens is 503 g/mol. The molecule has 0 spiro atoms. The Morgan fingerprint density at radius 3 is 2.75 bits per heavy atom. The third-order valence-corrected chi connectivity index (χ3v) is 7.38. The van der Waals surface area contributed by atoms with Crippen LogP contribution in [0.4, 0.5) is 10.2 Å². The van der Waals surface area contributed by atoms with Crippen LogP contribution in [0.1, 0.15) is 30.0 Å². The highest BCUT2D eigenvalue weighted by Crippen LogP contribution is 2.35. The number of nitrogens with two attached hydrogens (primary N) is 1. The molecule has 8 nitrogen and oxygen atoms in total. The van der Waals surface area contributed by atoms with Gasteiger partial charge in [-0.3, -0.25) is 0 Å². The number of piperidine rings is 1. The van der Waals surface area contributed by atoms with Crippen LogP contribution in [0.5, 0.6) is 0 Å². The number of nitrogens with one attached hydrogen (secondary N) is 3. The van der Waals surface area contributed by atoms with Crippen molar-refractivity contribution in [1.82, 2.24) is 25.4 Å². The molecule has 0 bridgehead atoms. The maximum Gasteiger partial charge on any atom is 0.130 e. The van der Waals surface area contributed by atoms with Gasteiger partial charge in [0.05, 0.1) is 29.9 Å².